The van der Waals surface area contributed by atoms with Gasteiger partial charge in [-0.15, -0.1) is 0 Å². The van der Waals surface area contributed by atoms with Gasteiger partial charge in [-0.05, 0) is 25.8 Å². The number of fused-ring (bicyclic) bond motifs is 1. The Morgan fingerprint density at radius 3 is 2.92 bits per heavy atom. The molecule has 2 aromatic heterocycles. The minimum Gasteiger partial charge on any atom is -0.327 e. The monoisotopic (exact) mass is 341 g/mol. The third-order valence-corrected chi connectivity index (χ3v) is 4.39. The number of nitrogens with zero attached hydrogens (tertiary/aromatic N) is 5. The van der Waals surface area contributed by atoms with E-state index in [9.17, 15) is 14.9 Å². The van der Waals surface area contributed by atoms with Crippen molar-refractivity contribution >= 4 is 22.5 Å². The highest BCUT2D eigenvalue weighted by Gasteiger charge is 2.35. The number of nitrogens with one attached hydrogen (secondary N) is 2. The van der Waals surface area contributed by atoms with E-state index in [0.717, 1.165) is 12.8 Å². The number of aromatic nitrogens is 5. The summed E-state index contributed by atoms with van der Waals surface area (Å²) >= 11 is 0. The van der Waals surface area contributed by atoms with E-state index in [1.54, 1.807) is 17.9 Å². The molecular formula is C15H15N7O3. The first-order valence-corrected chi connectivity index (χ1v) is 7.87. The van der Waals surface area contributed by atoms with Crippen LogP contribution in [-0.4, -0.2) is 47.7 Å². The highest BCUT2D eigenvalue weighted by atomic mass is 16.6. The standard InChI is InChI=1S/C15H15N7O3/c1-8-16-14(20-17-8)12-3-2-6-21(12)15(23)13-10-7-9(22(24)25)4-5-11(10)18-19-13/h4-5,7,12H,2-3,6H2,1H3,(H,18,19)(H,16,17,20)/t12-/m0/s1. The fraction of sp³-hybridized carbons (Fsp3) is 0.333. The van der Waals surface area contributed by atoms with Gasteiger partial charge in [-0.1, -0.05) is 0 Å². The number of aryl methyl sites for hydroxylation is 1. The number of aromatic amines is 2. The Labute approximate surface area is 141 Å². The Bertz CT molecular complexity index is 977. The molecule has 1 atom stereocenters. The van der Waals surface area contributed by atoms with Gasteiger partial charge in [0.2, 0.25) is 0 Å². The first kappa shape index (κ1) is 15.2. The molecule has 10 nitrogen and oxygen atoms in total. The average Bonchev–Trinajstić information content (AvgIpc) is 3.32. The molecule has 4 rings (SSSR count). The number of H-pyrrole nitrogens is 2. The topological polar surface area (TPSA) is 134 Å². The zero-order valence-electron chi connectivity index (χ0n) is 13.4. The maximum Gasteiger partial charge on any atom is 0.275 e. The lowest BCUT2D eigenvalue weighted by Gasteiger charge is -2.21. The average molecular weight is 341 g/mol. The number of benzene rings is 1. The number of hydrogen-bond acceptors (Lipinski definition) is 6. The Hall–Kier alpha value is -3.30. The normalized spacial score (nSPS) is 17.3. The van der Waals surface area contributed by atoms with Crippen molar-refractivity contribution in [1.82, 2.24) is 30.3 Å². The Balaban J connectivity index is 1.71. The van der Waals surface area contributed by atoms with Crippen LogP contribution in [0.4, 0.5) is 5.69 Å². The molecule has 1 amide bonds. The summed E-state index contributed by atoms with van der Waals surface area (Å²) in [7, 11) is 0. The van der Waals surface area contributed by atoms with Crippen LogP contribution < -0.4 is 0 Å². The zero-order chi connectivity index (χ0) is 17.6. The number of nitro groups is 1. The zero-order valence-corrected chi connectivity index (χ0v) is 13.4. The van der Waals surface area contributed by atoms with Gasteiger partial charge < -0.3 is 4.90 Å². The second-order valence-electron chi connectivity index (χ2n) is 5.99. The molecule has 0 saturated carbocycles. The van der Waals surface area contributed by atoms with Gasteiger partial charge in [0.15, 0.2) is 11.5 Å². The molecular weight excluding hydrogens is 326 g/mol. The maximum atomic E-state index is 13.0. The minimum absolute atomic E-state index is 0.0782. The van der Waals surface area contributed by atoms with Crippen molar-refractivity contribution in [2.75, 3.05) is 6.54 Å². The van der Waals surface area contributed by atoms with Gasteiger partial charge in [0, 0.05) is 24.1 Å². The van der Waals surface area contributed by atoms with Crippen molar-refractivity contribution in [3.05, 3.63) is 45.7 Å². The largest absolute Gasteiger partial charge is 0.327 e. The number of carbonyl (C=O) groups is 1. The molecule has 0 aliphatic carbocycles. The molecule has 0 radical (unpaired) electrons. The Kier molecular flexibility index (Phi) is 3.45. The summed E-state index contributed by atoms with van der Waals surface area (Å²) in [6.07, 6.45) is 1.61. The number of rotatable bonds is 3. The molecule has 1 aromatic carbocycles. The number of likely N-dealkylation sites (tertiary alicyclic amines) is 1. The predicted molar refractivity (Wildman–Crippen MR) is 86.9 cm³/mol. The molecule has 0 unspecified atom stereocenters. The molecule has 25 heavy (non-hydrogen) atoms. The van der Waals surface area contributed by atoms with Crippen molar-refractivity contribution in [2.45, 2.75) is 25.8 Å². The van der Waals surface area contributed by atoms with Crippen LogP contribution in [-0.2, 0) is 0 Å². The van der Waals surface area contributed by atoms with Crippen molar-refractivity contribution in [2.24, 2.45) is 0 Å². The highest BCUT2D eigenvalue weighted by Crippen LogP contribution is 2.32. The van der Waals surface area contributed by atoms with E-state index in [1.807, 2.05) is 0 Å². The lowest BCUT2D eigenvalue weighted by molar-refractivity contribution is -0.384. The Morgan fingerprint density at radius 2 is 2.20 bits per heavy atom. The van der Waals surface area contributed by atoms with E-state index < -0.39 is 4.92 Å². The van der Waals surface area contributed by atoms with Crippen LogP contribution in [0.2, 0.25) is 0 Å². The fourth-order valence-corrected chi connectivity index (χ4v) is 3.20. The molecule has 0 spiro atoms. The van der Waals surface area contributed by atoms with Gasteiger partial charge in [0.25, 0.3) is 11.6 Å². The summed E-state index contributed by atoms with van der Waals surface area (Å²) in [5.41, 5.74) is 0.682. The fourth-order valence-electron chi connectivity index (χ4n) is 3.20. The van der Waals surface area contributed by atoms with Crippen molar-refractivity contribution in [1.29, 1.82) is 0 Å². The first-order chi connectivity index (χ1) is 12.0. The first-order valence-electron chi connectivity index (χ1n) is 7.87. The Morgan fingerprint density at radius 1 is 1.36 bits per heavy atom. The van der Waals surface area contributed by atoms with E-state index in [2.05, 4.69) is 25.4 Å². The van der Waals surface area contributed by atoms with E-state index in [4.69, 9.17) is 0 Å². The van der Waals surface area contributed by atoms with E-state index in [0.29, 0.717) is 29.1 Å². The van der Waals surface area contributed by atoms with Crippen molar-refractivity contribution in [3.8, 4) is 0 Å². The van der Waals surface area contributed by atoms with Crippen LogP contribution >= 0.6 is 0 Å². The lowest BCUT2D eigenvalue weighted by Crippen LogP contribution is -2.31. The van der Waals surface area contributed by atoms with E-state index >= 15 is 0 Å². The quantitative estimate of drug-likeness (QED) is 0.552. The second-order valence-corrected chi connectivity index (χ2v) is 5.99. The summed E-state index contributed by atoms with van der Waals surface area (Å²) in [4.78, 5) is 29.5. The highest BCUT2D eigenvalue weighted by molar-refractivity contribution is 6.05. The van der Waals surface area contributed by atoms with Gasteiger partial charge in [-0.2, -0.15) is 10.2 Å². The summed E-state index contributed by atoms with van der Waals surface area (Å²) in [6, 6.07) is 4.08. The number of nitro benzene ring substituents is 1. The summed E-state index contributed by atoms with van der Waals surface area (Å²) in [6.45, 7) is 2.37. The van der Waals surface area contributed by atoms with Gasteiger partial charge >= 0.3 is 0 Å². The molecule has 1 fully saturated rings. The molecule has 2 N–H and O–H groups in total. The SMILES string of the molecule is Cc1nc([C@@H]2CCCN2C(=O)c2n[nH]c3ccc([N+](=O)[O-])cc23)n[nH]1. The molecule has 128 valence electrons. The smallest absolute Gasteiger partial charge is 0.275 e. The second kappa shape index (κ2) is 5.65. The van der Waals surface area contributed by atoms with Crippen molar-refractivity contribution in [3.63, 3.8) is 0 Å². The third kappa shape index (κ3) is 2.51. The minimum atomic E-state index is -0.490. The predicted octanol–water partition coefficient (Wildman–Crippen LogP) is 1.87. The summed E-state index contributed by atoms with van der Waals surface area (Å²) in [5, 5.41) is 25.2. The number of hydrogen-bond donors (Lipinski definition) is 2. The van der Waals surface area contributed by atoms with E-state index in [-0.39, 0.29) is 23.3 Å². The lowest BCUT2D eigenvalue weighted by atomic mass is 10.1. The third-order valence-electron chi connectivity index (χ3n) is 4.39. The van der Waals surface area contributed by atoms with E-state index in [1.165, 1.54) is 12.1 Å². The van der Waals surface area contributed by atoms with Gasteiger partial charge in [0.05, 0.1) is 16.5 Å². The molecule has 1 saturated heterocycles. The number of carbonyl (C=O) groups excluding carboxylic acids is 1. The van der Waals surface area contributed by atoms with Crippen molar-refractivity contribution < 1.29 is 9.72 Å². The van der Waals surface area contributed by atoms with Crippen LogP contribution in [0.3, 0.4) is 0 Å². The number of amides is 1. The van der Waals surface area contributed by atoms with Crippen LogP contribution in [0.25, 0.3) is 10.9 Å². The molecule has 1 aliphatic rings. The maximum absolute atomic E-state index is 13.0. The number of non-ortho nitro benzene ring substituents is 1. The van der Waals surface area contributed by atoms with Gasteiger partial charge in [-0.25, -0.2) is 4.98 Å². The molecule has 3 heterocycles. The van der Waals surface area contributed by atoms with Crippen LogP contribution in [0.15, 0.2) is 18.2 Å². The van der Waals surface area contributed by atoms with Crippen LogP contribution in [0.5, 0.6) is 0 Å². The summed E-state index contributed by atoms with van der Waals surface area (Å²) in [5.74, 6) is 0.987. The van der Waals surface area contributed by atoms with Gasteiger partial charge in [-0.3, -0.25) is 25.1 Å². The van der Waals surface area contributed by atoms with Crippen LogP contribution in [0.1, 0.15) is 41.0 Å². The molecule has 10 heteroatoms. The van der Waals surface area contributed by atoms with Crippen LogP contribution in [0, 0.1) is 17.0 Å². The van der Waals surface area contributed by atoms with Gasteiger partial charge in [0.1, 0.15) is 5.82 Å². The molecule has 1 aliphatic heterocycles. The molecule has 3 aromatic rings. The summed E-state index contributed by atoms with van der Waals surface area (Å²) < 4.78 is 0. The molecule has 0 bridgehead atoms.